The minimum atomic E-state index is 0.705. The van der Waals surface area contributed by atoms with Gasteiger partial charge >= 0.3 is 0 Å². The van der Waals surface area contributed by atoms with Crippen LogP contribution in [-0.4, -0.2) is 31.1 Å². The molecule has 1 aliphatic rings. The summed E-state index contributed by atoms with van der Waals surface area (Å²) in [4.78, 5) is 2.41. The van der Waals surface area contributed by atoms with E-state index in [1.807, 2.05) is 0 Å². The van der Waals surface area contributed by atoms with Crippen molar-refractivity contribution in [3.05, 3.63) is 35.4 Å². The van der Waals surface area contributed by atoms with Crippen LogP contribution in [-0.2, 0) is 13.0 Å². The number of aryl methyl sites for hydroxylation is 1. The van der Waals surface area contributed by atoms with Crippen LogP contribution >= 0.6 is 0 Å². The molecule has 0 bridgehead atoms. The van der Waals surface area contributed by atoms with Crippen LogP contribution in [0.15, 0.2) is 24.3 Å². The van der Waals surface area contributed by atoms with Gasteiger partial charge in [-0.05, 0) is 50.5 Å². The molecule has 1 N–H and O–H groups in total. The van der Waals surface area contributed by atoms with Gasteiger partial charge in [0, 0.05) is 12.6 Å². The van der Waals surface area contributed by atoms with Crippen LogP contribution in [0.3, 0.4) is 0 Å². The number of likely N-dealkylation sites (tertiary alicyclic amines) is 1. The number of hydrogen-bond donors (Lipinski definition) is 1. The van der Waals surface area contributed by atoms with Crippen LogP contribution in [0.5, 0.6) is 0 Å². The molecule has 0 unspecified atom stereocenters. The third-order valence-electron chi connectivity index (χ3n) is 3.80. The Labute approximate surface area is 105 Å². The molecular formula is C15H24N2. The molecule has 17 heavy (non-hydrogen) atoms. The summed E-state index contributed by atoms with van der Waals surface area (Å²) in [6.45, 7) is 5.72. The summed E-state index contributed by atoms with van der Waals surface area (Å²) in [5, 5.41) is 3.71. The Morgan fingerprint density at radius 2 is 1.82 bits per heavy atom. The molecule has 1 aliphatic heterocycles. The van der Waals surface area contributed by atoms with E-state index in [4.69, 9.17) is 0 Å². The molecule has 1 aromatic rings. The molecule has 0 amide bonds. The number of hydrogen-bond acceptors (Lipinski definition) is 2. The zero-order valence-corrected chi connectivity index (χ0v) is 11.1. The lowest BCUT2D eigenvalue weighted by atomic mass is 10.0. The molecule has 1 aromatic carbocycles. The largest absolute Gasteiger partial charge is 0.310 e. The molecule has 1 heterocycles. The minimum Gasteiger partial charge on any atom is -0.310 e. The molecule has 1 fully saturated rings. The summed E-state index contributed by atoms with van der Waals surface area (Å²) in [6, 6.07) is 9.48. The normalized spacial score (nSPS) is 18.5. The summed E-state index contributed by atoms with van der Waals surface area (Å²) >= 11 is 0. The average molecular weight is 232 g/mol. The van der Waals surface area contributed by atoms with Crippen molar-refractivity contribution >= 4 is 0 Å². The fourth-order valence-corrected chi connectivity index (χ4v) is 2.54. The second-order valence-corrected chi connectivity index (χ2v) is 5.08. The van der Waals surface area contributed by atoms with Gasteiger partial charge in [-0.25, -0.2) is 0 Å². The van der Waals surface area contributed by atoms with Gasteiger partial charge in [0.25, 0.3) is 0 Å². The smallest absolute Gasteiger partial charge is 0.0210 e. The molecule has 2 rings (SSSR count). The SMILES string of the molecule is CCc1ccccc1CNC1CCN(C)CC1. The van der Waals surface area contributed by atoms with Crippen LogP contribution in [0.2, 0.25) is 0 Å². The predicted octanol–water partition coefficient (Wildman–Crippen LogP) is 2.43. The lowest BCUT2D eigenvalue weighted by Gasteiger charge is -2.29. The molecular weight excluding hydrogens is 208 g/mol. The molecule has 2 heteroatoms. The highest BCUT2D eigenvalue weighted by Crippen LogP contribution is 2.12. The number of nitrogens with one attached hydrogen (secondary N) is 1. The topological polar surface area (TPSA) is 15.3 Å². The highest BCUT2D eigenvalue weighted by Gasteiger charge is 2.15. The first-order valence-electron chi connectivity index (χ1n) is 6.78. The monoisotopic (exact) mass is 232 g/mol. The van der Waals surface area contributed by atoms with Gasteiger partial charge in [0.1, 0.15) is 0 Å². The zero-order chi connectivity index (χ0) is 12.1. The van der Waals surface area contributed by atoms with Crippen molar-refractivity contribution in [3.8, 4) is 0 Å². The summed E-state index contributed by atoms with van der Waals surface area (Å²) in [5.41, 5.74) is 2.95. The Kier molecular flexibility index (Phi) is 4.57. The van der Waals surface area contributed by atoms with Gasteiger partial charge in [0.15, 0.2) is 0 Å². The van der Waals surface area contributed by atoms with Crippen molar-refractivity contribution in [2.75, 3.05) is 20.1 Å². The van der Waals surface area contributed by atoms with Crippen molar-refractivity contribution < 1.29 is 0 Å². The predicted molar refractivity (Wildman–Crippen MR) is 73.2 cm³/mol. The maximum Gasteiger partial charge on any atom is 0.0210 e. The fourth-order valence-electron chi connectivity index (χ4n) is 2.54. The molecule has 0 spiro atoms. The average Bonchev–Trinajstić information content (AvgIpc) is 2.38. The van der Waals surface area contributed by atoms with E-state index < -0.39 is 0 Å². The molecule has 0 aromatic heterocycles. The Hall–Kier alpha value is -0.860. The maximum absolute atomic E-state index is 3.71. The van der Waals surface area contributed by atoms with E-state index in [0.717, 1.165) is 13.0 Å². The second kappa shape index (κ2) is 6.18. The molecule has 2 nitrogen and oxygen atoms in total. The summed E-state index contributed by atoms with van der Waals surface area (Å²) < 4.78 is 0. The molecule has 0 atom stereocenters. The van der Waals surface area contributed by atoms with Crippen LogP contribution in [0.4, 0.5) is 0 Å². The van der Waals surface area contributed by atoms with E-state index in [0.29, 0.717) is 6.04 Å². The standard InChI is InChI=1S/C15H24N2/c1-3-13-6-4-5-7-14(13)12-16-15-8-10-17(2)11-9-15/h4-7,15-16H,3,8-12H2,1-2H3. The number of benzene rings is 1. The van der Waals surface area contributed by atoms with Crippen molar-refractivity contribution in [2.24, 2.45) is 0 Å². The van der Waals surface area contributed by atoms with Gasteiger partial charge in [-0.3, -0.25) is 0 Å². The lowest BCUT2D eigenvalue weighted by Crippen LogP contribution is -2.40. The van der Waals surface area contributed by atoms with Gasteiger partial charge in [-0.1, -0.05) is 31.2 Å². The van der Waals surface area contributed by atoms with E-state index in [1.54, 1.807) is 0 Å². The van der Waals surface area contributed by atoms with Gasteiger partial charge in [0.2, 0.25) is 0 Å². The number of nitrogens with zero attached hydrogens (tertiary/aromatic N) is 1. The molecule has 0 aliphatic carbocycles. The van der Waals surface area contributed by atoms with Crippen LogP contribution in [0, 0.1) is 0 Å². The van der Waals surface area contributed by atoms with Crippen LogP contribution in [0.25, 0.3) is 0 Å². The fraction of sp³-hybridized carbons (Fsp3) is 0.600. The zero-order valence-electron chi connectivity index (χ0n) is 11.1. The minimum absolute atomic E-state index is 0.705. The summed E-state index contributed by atoms with van der Waals surface area (Å²) in [5.74, 6) is 0. The number of rotatable bonds is 4. The quantitative estimate of drug-likeness (QED) is 0.857. The Balaban J connectivity index is 1.85. The Morgan fingerprint density at radius 1 is 1.18 bits per heavy atom. The lowest BCUT2D eigenvalue weighted by molar-refractivity contribution is 0.234. The summed E-state index contributed by atoms with van der Waals surface area (Å²) in [7, 11) is 2.21. The molecule has 0 saturated carbocycles. The molecule has 0 radical (unpaired) electrons. The van der Waals surface area contributed by atoms with Gasteiger partial charge in [-0.15, -0.1) is 0 Å². The highest BCUT2D eigenvalue weighted by atomic mass is 15.1. The van der Waals surface area contributed by atoms with E-state index in [9.17, 15) is 0 Å². The first kappa shape index (κ1) is 12.6. The second-order valence-electron chi connectivity index (χ2n) is 5.08. The van der Waals surface area contributed by atoms with E-state index in [-0.39, 0.29) is 0 Å². The van der Waals surface area contributed by atoms with Crippen molar-refractivity contribution in [1.82, 2.24) is 10.2 Å². The van der Waals surface area contributed by atoms with Gasteiger partial charge in [0.05, 0.1) is 0 Å². The number of piperidine rings is 1. The van der Waals surface area contributed by atoms with E-state index in [2.05, 4.69) is 48.5 Å². The maximum atomic E-state index is 3.71. The van der Waals surface area contributed by atoms with Crippen LogP contribution < -0.4 is 5.32 Å². The molecule has 1 saturated heterocycles. The van der Waals surface area contributed by atoms with Gasteiger partial charge in [-0.2, -0.15) is 0 Å². The van der Waals surface area contributed by atoms with Crippen LogP contribution in [0.1, 0.15) is 30.9 Å². The summed E-state index contributed by atoms with van der Waals surface area (Å²) in [6.07, 6.45) is 3.70. The molecule has 94 valence electrons. The Morgan fingerprint density at radius 3 is 2.47 bits per heavy atom. The van der Waals surface area contributed by atoms with Crippen molar-refractivity contribution in [2.45, 2.75) is 38.8 Å². The first-order chi connectivity index (χ1) is 8.29. The third kappa shape index (κ3) is 3.55. The van der Waals surface area contributed by atoms with Gasteiger partial charge < -0.3 is 10.2 Å². The van der Waals surface area contributed by atoms with Crippen molar-refractivity contribution in [1.29, 1.82) is 0 Å². The van der Waals surface area contributed by atoms with E-state index >= 15 is 0 Å². The highest BCUT2D eigenvalue weighted by molar-refractivity contribution is 5.26. The third-order valence-corrected chi connectivity index (χ3v) is 3.80. The first-order valence-corrected chi connectivity index (χ1v) is 6.78. The van der Waals surface area contributed by atoms with E-state index in [1.165, 1.54) is 37.1 Å². The van der Waals surface area contributed by atoms with Crippen molar-refractivity contribution in [3.63, 3.8) is 0 Å². The Bertz CT molecular complexity index is 341.